The highest BCUT2D eigenvalue weighted by atomic mass is 19.4. The summed E-state index contributed by atoms with van der Waals surface area (Å²) in [4.78, 5) is 33.6. The van der Waals surface area contributed by atoms with Crippen molar-refractivity contribution in [1.82, 2.24) is 0 Å². The van der Waals surface area contributed by atoms with Gasteiger partial charge in [-0.15, -0.1) is 0 Å². The molecule has 7 nitrogen and oxygen atoms in total. The summed E-state index contributed by atoms with van der Waals surface area (Å²) in [6.07, 6.45) is -5.75. The Morgan fingerprint density at radius 1 is 1.24 bits per heavy atom. The van der Waals surface area contributed by atoms with Crippen molar-refractivity contribution < 1.29 is 37.2 Å². The number of nitro benzene ring substituents is 1. The zero-order valence-corrected chi connectivity index (χ0v) is 14.9. The topological polar surface area (TPSA) is 95.7 Å². The third kappa shape index (κ3) is 5.18. The Hall–Kier alpha value is -3.69. The normalized spacial score (nSPS) is 12.0. The van der Waals surface area contributed by atoms with E-state index in [1.165, 1.54) is 19.1 Å². The van der Waals surface area contributed by atoms with Crippen molar-refractivity contribution in [2.45, 2.75) is 19.2 Å². The summed E-state index contributed by atoms with van der Waals surface area (Å²) in [7, 11) is 0. The maximum Gasteiger partial charge on any atom is 0.419 e. The average molecular weight is 409 g/mol. The molecule has 1 atom stereocenters. The Bertz CT molecular complexity index is 971. The molecule has 2 aromatic carbocycles. The Kier molecular flexibility index (Phi) is 6.37. The zero-order valence-electron chi connectivity index (χ0n) is 14.9. The molecule has 29 heavy (non-hydrogen) atoms. The molecule has 0 spiro atoms. The molecule has 152 valence electrons. The van der Waals surface area contributed by atoms with Crippen LogP contribution >= 0.6 is 0 Å². The van der Waals surface area contributed by atoms with Gasteiger partial charge in [0, 0.05) is 12.1 Å². The summed E-state index contributed by atoms with van der Waals surface area (Å²) in [6, 6.07) is 7.14. The van der Waals surface area contributed by atoms with Gasteiger partial charge in [0.1, 0.15) is 17.1 Å². The first-order chi connectivity index (χ1) is 13.5. The zero-order chi connectivity index (χ0) is 21.8. The summed E-state index contributed by atoms with van der Waals surface area (Å²) in [5.41, 5.74) is -2.14. The number of hydrogen-bond acceptors (Lipinski definition) is 6. The van der Waals surface area contributed by atoms with E-state index in [9.17, 15) is 32.9 Å². The molecule has 0 saturated heterocycles. The minimum atomic E-state index is -4.70. The molecule has 0 amide bonds. The van der Waals surface area contributed by atoms with Gasteiger partial charge in [0.2, 0.25) is 0 Å². The fourth-order valence-electron chi connectivity index (χ4n) is 2.24. The molecular formula is C19H14F3NO6. The first-order valence-electron chi connectivity index (χ1n) is 7.98. The van der Waals surface area contributed by atoms with Crippen molar-refractivity contribution in [3.63, 3.8) is 0 Å². The summed E-state index contributed by atoms with van der Waals surface area (Å²) in [6.45, 7) is 4.87. The van der Waals surface area contributed by atoms with Crippen molar-refractivity contribution in [1.29, 1.82) is 0 Å². The minimum absolute atomic E-state index is 0.183. The number of ether oxygens (including phenoxy) is 2. The molecule has 0 heterocycles. The second-order valence-corrected chi connectivity index (χ2v) is 5.84. The van der Waals surface area contributed by atoms with Crippen LogP contribution in [0, 0.1) is 10.1 Å². The first-order valence-corrected chi connectivity index (χ1v) is 7.98. The Morgan fingerprint density at radius 2 is 1.90 bits per heavy atom. The second kappa shape index (κ2) is 8.55. The Labute approximate surface area is 162 Å². The number of para-hydroxylation sites is 1. The van der Waals surface area contributed by atoms with Crippen molar-refractivity contribution in [2.24, 2.45) is 0 Å². The molecule has 0 bridgehead atoms. The SMILES string of the molecule is C=C(C)C(C=O)OC(=O)c1cc(Oc2ccccc2C(F)(F)F)ccc1[N+](=O)[O-]. The number of carbonyl (C=O) groups is 2. The highest BCUT2D eigenvalue weighted by molar-refractivity contribution is 5.95. The minimum Gasteiger partial charge on any atom is -0.457 e. The van der Waals surface area contributed by atoms with Crippen LogP contribution in [0.5, 0.6) is 11.5 Å². The van der Waals surface area contributed by atoms with Gasteiger partial charge in [0.05, 0.1) is 10.5 Å². The van der Waals surface area contributed by atoms with Crippen LogP contribution in [0.1, 0.15) is 22.8 Å². The van der Waals surface area contributed by atoms with Gasteiger partial charge in [-0.2, -0.15) is 13.2 Å². The van der Waals surface area contributed by atoms with Crippen LogP contribution in [0.4, 0.5) is 18.9 Å². The third-order valence-corrected chi connectivity index (χ3v) is 3.65. The number of esters is 1. The van der Waals surface area contributed by atoms with E-state index in [1.807, 2.05) is 0 Å². The molecule has 0 aliphatic carbocycles. The molecule has 0 aliphatic rings. The monoisotopic (exact) mass is 409 g/mol. The lowest BCUT2D eigenvalue weighted by Gasteiger charge is -2.15. The van der Waals surface area contributed by atoms with E-state index < -0.39 is 45.7 Å². The van der Waals surface area contributed by atoms with Crippen LogP contribution in [-0.4, -0.2) is 23.3 Å². The molecule has 2 aromatic rings. The van der Waals surface area contributed by atoms with Gasteiger partial charge in [-0.3, -0.25) is 14.9 Å². The van der Waals surface area contributed by atoms with E-state index in [2.05, 4.69) is 6.58 Å². The standard InChI is InChI=1S/C19H14F3NO6/c1-11(2)17(10-24)29-18(25)13-9-12(7-8-15(13)23(26)27)28-16-6-4-3-5-14(16)19(20,21)22/h3-10,17H,1H2,2H3. The number of aldehydes is 1. The van der Waals surface area contributed by atoms with Gasteiger partial charge in [0.15, 0.2) is 12.4 Å². The number of rotatable bonds is 7. The molecule has 0 fully saturated rings. The van der Waals surface area contributed by atoms with E-state index in [4.69, 9.17) is 9.47 Å². The second-order valence-electron chi connectivity index (χ2n) is 5.84. The Balaban J connectivity index is 2.44. The largest absolute Gasteiger partial charge is 0.457 e. The molecule has 0 aromatic heterocycles. The molecule has 10 heteroatoms. The highest BCUT2D eigenvalue weighted by Crippen LogP contribution is 2.38. The number of benzene rings is 2. The van der Waals surface area contributed by atoms with Crippen LogP contribution in [0.2, 0.25) is 0 Å². The average Bonchev–Trinajstić information content (AvgIpc) is 2.65. The van der Waals surface area contributed by atoms with Crippen molar-refractivity contribution in [3.8, 4) is 11.5 Å². The van der Waals surface area contributed by atoms with Crippen molar-refractivity contribution in [3.05, 3.63) is 75.9 Å². The summed E-state index contributed by atoms with van der Waals surface area (Å²) in [5.74, 6) is -2.05. The van der Waals surface area contributed by atoms with Gasteiger partial charge < -0.3 is 9.47 Å². The van der Waals surface area contributed by atoms with Gasteiger partial charge in [-0.25, -0.2) is 4.79 Å². The van der Waals surface area contributed by atoms with Crippen LogP contribution in [-0.2, 0) is 15.7 Å². The maximum atomic E-state index is 13.1. The van der Waals surface area contributed by atoms with Crippen molar-refractivity contribution in [2.75, 3.05) is 0 Å². The lowest BCUT2D eigenvalue weighted by molar-refractivity contribution is -0.385. The van der Waals surface area contributed by atoms with Gasteiger partial charge in [0.25, 0.3) is 5.69 Å². The van der Waals surface area contributed by atoms with E-state index in [0.29, 0.717) is 0 Å². The van der Waals surface area contributed by atoms with E-state index in [0.717, 1.165) is 30.3 Å². The number of nitrogens with zero attached hydrogens (tertiary/aromatic N) is 1. The van der Waals surface area contributed by atoms with Crippen molar-refractivity contribution >= 4 is 17.9 Å². The molecule has 1 unspecified atom stereocenters. The van der Waals surface area contributed by atoms with Gasteiger partial charge in [-0.05, 0) is 30.7 Å². The summed E-state index contributed by atoms with van der Waals surface area (Å²) in [5, 5.41) is 11.2. The fraction of sp³-hybridized carbons (Fsp3) is 0.158. The summed E-state index contributed by atoms with van der Waals surface area (Å²) < 4.78 is 49.4. The van der Waals surface area contributed by atoms with Gasteiger partial charge >= 0.3 is 12.1 Å². The molecule has 0 N–H and O–H groups in total. The number of halogens is 3. The molecule has 0 radical (unpaired) electrons. The number of carbonyl (C=O) groups excluding carboxylic acids is 2. The lowest BCUT2D eigenvalue weighted by Crippen LogP contribution is -2.21. The molecular weight excluding hydrogens is 395 g/mol. The first kappa shape index (κ1) is 21.6. The van der Waals surface area contributed by atoms with E-state index in [1.54, 1.807) is 0 Å². The number of hydrogen-bond donors (Lipinski definition) is 0. The number of alkyl halides is 3. The quantitative estimate of drug-likeness (QED) is 0.216. The maximum absolute atomic E-state index is 13.1. The third-order valence-electron chi connectivity index (χ3n) is 3.65. The van der Waals surface area contributed by atoms with Crippen LogP contribution in [0.25, 0.3) is 0 Å². The lowest BCUT2D eigenvalue weighted by atomic mass is 10.1. The van der Waals surface area contributed by atoms with Crippen LogP contribution in [0.15, 0.2) is 54.6 Å². The van der Waals surface area contributed by atoms with Gasteiger partial charge in [-0.1, -0.05) is 18.7 Å². The smallest absolute Gasteiger partial charge is 0.419 e. The molecule has 0 saturated carbocycles. The van der Waals surface area contributed by atoms with E-state index >= 15 is 0 Å². The van der Waals surface area contributed by atoms with Crippen LogP contribution < -0.4 is 4.74 Å². The molecule has 2 rings (SSSR count). The predicted octanol–water partition coefficient (Wildman–Crippen LogP) is 4.71. The fourth-order valence-corrected chi connectivity index (χ4v) is 2.24. The predicted molar refractivity (Wildman–Crippen MR) is 94.7 cm³/mol. The van der Waals surface area contributed by atoms with E-state index in [-0.39, 0.29) is 17.6 Å². The van der Waals surface area contributed by atoms with Crippen LogP contribution in [0.3, 0.4) is 0 Å². The highest BCUT2D eigenvalue weighted by Gasteiger charge is 2.34. The number of nitro groups is 1. The molecule has 0 aliphatic heterocycles. The summed E-state index contributed by atoms with van der Waals surface area (Å²) >= 11 is 0. The Morgan fingerprint density at radius 3 is 2.45 bits per heavy atom.